The fraction of sp³-hybridized carbons (Fsp3) is 0.231. The van der Waals surface area contributed by atoms with E-state index in [1.54, 1.807) is 12.1 Å². The van der Waals surface area contributed by atoms with Crippen molar-refractivity contribution in [1.82, 2.24) is 4.90 Å². The van der Waals surface area contributed by atoms with Crippen molar-refractivity contribution in [3.05, 3.63) is 89.0 Å². The van der Waals surface area contributed by atoms with Crippen molar-refractivity contribution < 1.29 is 18.7 Å². The summed E-state index contributed by atoms with van der Waals surface area (Å²) in [6.07, 6.45) is 2.42. The van der Waals surface area contributed by atoms with E-state index in [-0.39, 0.29) is 24.1 Å². The minimum Gasteiger partial charge on any atom is -0.494 e. The zero-order chi connectivity index (χ0) is 22.7. The SMILES string of the molecule is CCCOc1cccc(NC2=C(c3ccc(C)c(C)c3)C(=O)N(Cc3ccco3)C2=O)c1. The smallest absolute Gasteiger partial charge is 0.278 e. The summed E-state index contributed by atoms with van der Waals surface area (Å²) in [6.45, 7) is 6.72. The molecule has 4 rings (SSSR count). The number of anilines is 1. The molecule has 0 saturated carbocycles. The number of rotatable bonds is 8. The van der Waals surface area contributed by atoms with Gasteiger partial charge in [-0.25, -0.2) is 0 Å². The molecule has 3 aromatic rings. The van der Waals surface area contributed by atoms with Gasteiger partial charge in [-0.2, -0.15) is 0 Å². The predicted octanol–water partition coefficient (Wildman–Crippen LogP) is 5.08. The Balaban J connectivity index is 1.73. The quantitative estimate of drug-likeness (QED) is 0.505. The highest BCUT2D eigenvalue weighted by atomic mass is 16.5. The highest BCUT2D eigenvalue weighted by Crippen LogP contribution is 2.33. The number of amides is 2. The molecule has 0 radical (unpaired) electrons. The van der Waals surface area contributed by atoms with Gasteiger partial charge in [0.1, 0.15) is 17.2 Å². The van der Waals surface area contributed by atoms with Crippen LogP contribution in [0.2, 0.25) is 0 Å². The summed E-state index contributed by atoms with van der Waals surface area (Å²) < 4.78 is 11.1. The lowest BCUT2D eigenvalue weighted by atomic mass is 9.99. The van der Waals surface area contributed by atoms with Crippen molar-refractivity contribution in [2.24, 2.45) is 0 Å². The van der Waals surface area contributed by atoms with Crippen LogP contribution in [-0.2, 0) is 16.1 Å². The number of hydrogen-bond acceptors (Lipinski definition) is 5. The van der Waals surface area contributed by atoms with E-state index >= 15 is 0 Å². The first kappa shape index (κ1) is 21.4. The number of aryl methyl sites for hydroxylation is 2. The predicted molar refractivity (Wildman–Crippen MR) is 123 cm³/mol. The third-order valence-corrected chi connectivity index (χ3v) is 5.43. The lowest BCUT2D eigenvalue weighted by molar-refractivity contribution is -0.137. The molecule has 0 unspecified atom stereocenters. The van der Waals surface area contributed by atoms with Gasteiger partial charge in [-0.3, -0.25) is 14.5 Å². The minimum absolute atomic E-state index is 0.0733. The van der Waals surface area contributed by atoms with Gasteiger partial charge in [-0.15, -0.1) is 0 Å². The van der Waals surface area contributed by atoms with Crippen LogP contribution >= 0.6 is 0 Å². The van der Waals surface area contributed by atoms with Gasteiger partial charge in [-0.05, 0) is 61.2 Å². The van der Waals surface area contributed by atoms with Crippen LogP contribution in [-0.4, -0.2) is 23.3 Å². The molecule has 1 aromatic heterocycles. The van der Waals surface area contributed by atoms with Gasteiger partial charge < -0.3 is 14.5 Å². The standard InChI is InChI=1S/C26H26N2O4/c1-4-12-31-21-8-5-7-20(15-21)27-24-23(19-11-10-17(2)18(3)14-19)25(29)28(26(24)30)16-22-9-6-13-32-22/h5-11,13-15,27H,4,12,16H2,1-3H3. The molecule has 6 heteroatoms. The summed E-state index contributed by atoms with van der Waals surface area (Å²) in [5.41, 5.74) is 4.15. The molecule has 1 N–H and O–H groups in total. The number of furan rings is 1. The van der Waals surface area contributed by atoms with Gasteiger partial charge in [0.2, 0.25) is 0 Å². The Labute approximate surface area is 187 Å². The third-order valence-electron chi connectivity index (χ3n) is 5.43. The van der Waals surface area contributed by atoms with E-state index in [1.165, 1.54) is 11.2 Å². The maximum atomic E-state index is 13.4. The van der Waals surface area contributed by atoms with Crippen molar-refractivity contribution in [2.75, 3.05) is 11.9 Å². The second kappa shape index (κ2) is 9.14. The fourth-order valence-electron chi connectivity index (χ4n) is 3.59. The minimum atomic E-state index is -0.389. The molecule has 0 saturated heterocycles. The molecule has 1 aliphatic heterocycles. The van der Waals surface area contributed by atoms with Crippen molar-refractivity contribution in [3.63, 3.8) is 0 Å². The Kier molecular flexibility index (Phi) is 6.12. The molecule has 6 nitrogen and oxygen atoms in total. The molecule has 1 aliphatic rings. The van der Waals surface area contributed by atoms with Crippen LogP contribution < -0.4 is 10.1 Å². The van der Waals surface area contributed by atoms with Gasteiger partial charge in [0.25, 0.3) is 11.8 Å². The number of hydrogen-bond donors (Lipinski definition) is 1. The number of nitrogens with zero attached hydrogens (tertiary/aromatic N) is 1. The van der Waals surface area contributed by atoms with E-state index in [4.69, 9.17) is 9.15 Å². The lowest BCUT2D eigenvalue weighted by Gasteiger charge is -2.14. The second-order valence-corrected chi connectivity index (χ2v) is 7.83. The molecule has 32 heavy (non-hydrogen) atoms. The zero-order valence-electron chi connectivity index (χ0n) is 18.5. The van der Waals surface area contributed by atoms with Crippen molar-refractivity contribution in [3.8, 4) is 5.75 Å². The molecule has 0 spiro atoms. The number of imide groups is 1. The molecule has 0 atom stereocenters. The number of nitrogens with one attached hydrogen (secondary N) is 1. The topological polar surface area (TPSA) is 71.8 Å². The first-order valence-corrected chi connectivity index (χ1v) is 10.7. The highest BCUT2D eigenvalue weighted by molar-refractivity contribution is 6.36. The maximum Gasteiger partial charge on any atom is 0.278 e. The summed E-state index contributed by atoms with van der Waals surface area (Å²) >= 11 is 0. The van der Waals surface area contributed by atoms with Gasteiger partial charge in [0.15, 0.2) is 0 Å². The molecule has 2 heterocycles. The Hall–Kier alpha value is -3.80. The summed E-state index contributed by atoms with van der Waals surface area (Å²) in [5.74, 6) is 0.506. The number of carbonyl (C=O) groups is 2. The molecule has 0 bridgehead atoms. The molecular formula is C26H26N2O4. The third kappa shape index (κ3) is 4.30. The Morgan fingerprint density at radius 3 is 2.53 bits per heavy atom. The molecule has 0 fully saturated rings. The monoisotopic (exact) mass is 430 g/mol. The lowest BCUT2D eigenvalue weighted by Crippen LogP contribution is -2.31. The highest BCUT2D eigenvalue weighted by Gasteiger charge is 2.39. The molecule has 2 amide bonds. The van der Waals surface area contributed by atoms with E-state index in [9.17, 15) is 9.59 Å². The number of ether oxygens (including phenoxy) is 1. The van der Waals surface area contributed by atoms with Crippen molar-refractivity contribution in [1.29, 1.82) is 0 Å². The first-order chi connectivity index (χ1) is 15.5. The normalized spacial score (nSPS) is 13.8. The van der Waals surface area contributed by atoms with E-state index < -0.39 is 0 Å². The summed E-state index contributed by atoms with van der Waals surface area (Å²) in [7, 11) is 0. The summed E-state index contributed by atoms with van der Waals surface area (Å²) in [4.78, 5) is 28.0. The average Bonchev–Trinajstić information content (AvgIpc) is 3.38. The van der Waals surface area contributed by atoms with Gasteiger partial charge in [-0.1, -0.05) is 31.2 Å². The second-order valence-electron chi connectivity index (χ2n) is 7.83. The van der Waals surface area contributed by atoms with Gasteiger partial charge in [0, 0.05) is 11.8 Å². The number of carbonyl (C=O) groups excluding carboxylic acids is 2. The maximum absolute atomic E-state index is 13.4. The van der Waals surface area contributed by atoms with Gasteiger partial charge >= 0.3 is 0 Å². The Morgan fingerprint density at radius 1 is 0.969 bits per heavy atom. The Morgan fingerprint density at radius 2 is 1.81 bits per heavy atom. The van der Waals surface area contributed by atoms with Crippen LogP contribution in [0.5, 0.6) is 5.75 Å². The van der Waals surface area contributed by atoms with Gasteiger partial charge in [0.05, 0.1) is 25.0 Å². The molecule has 2 aromatic carbocycles. The van der Waals surface area contributed by atoms with E-state index in [2.05, 4.69) is 5.32 Å². The van der Waals surface area contributed by atoms with Crippen LogP contribution in [0.3, 0.4) is 0 Å². The largest absolute Gasteiger partial charge is 0.494 e. The summed E-state index contributed by atoms with van der Waals surface area (Å²) in [5, 5.41) is 3.19. The van der Waals surface area contributed by atoms with Crippen LogP contribution in [0.4, 0.5) is 5.69 Å². The van der Waals surface area contributed by atoms with Crippen LogP contribution in [0.15, 0.2) is 71.0 Å². The molecule has 0 aliphatic carbocycles. The first-order valence-electron chi connectivity index (χ1n) is 10.7. The van der Waals surface area contributed by atoms with Crippen LogP contribution in [0.25, 0.3) is 5.57 Å². The average molecular weight is 431 g/mol. The van der Waals surface area contributed by atoms with E-state index in [1.807, 2.05) is 63.2 Å². The molecule has 164 valence electrons. The number of benzene rings is 2. The van der Waals surface area contributed by atoms with Crippen molar-refractivity contribution in [2.45, 2.75) is 33.7 Å². The molecular weight excluding hydrogens is 404 g/mol. The van der Waals surface area contributed by atoms with Crippen molar-refractivity contribution >= 4 is 23.1 Å². The van der Waals surface area contributed by atoms with Crippen LogP contribution in [0.1, 0.15) is 35.8 Å². The zero-order valence-corrected chi connectivity index (χ0v) is 18.5. The van der Waals surface area contributed by atoms with Crippen LogP contribution in [0, 0.1) is 13.8 Å². The van der Waals surface area contributed by atoms with E-state index in [0.29, 0.717) is 34.9 Å². The summed E-state index contributed by atoms with van der Waals surface area (Å²) in [6, 6.07) is 16.6. The fourth-order valence-corrected chi connectivity index (χ4v) is 3.59. The Bertz CT molecular complexity index is 1180. The van der Waals surface area contributed by atoms with E-state index in [0.717, 1.165) is 17.5 Å².